The van der Waals surface area contributed by atoms with Gasteiger partial charge in [0.25, 0.3) is 5.91 Å². The van der Waals surface area contributed by atoms with Crippen molar-refractivity contribution in [2.24, 2.45) is 0 Å². The molecule has 1 atom stereocenters. The lowest BCUT2D eigenvalue weighted by Gasteiger charge is -2.15. The lowest BCUT2D eigenvalue weighted by molar-refractivity contribution is -0.122. The zero-order valence-electron chi connectivity index (χ0n) is 12.7. The maximum atomic E-state index is 12.1. The number of amides is 1. The predicted octanol–water partition coefficient (Wildman–Crippen LogP) is 3.53. The average Bonchev–Trinajstić information content (AvgIpc) is 2.56. The Morgan fingerprint density at radius 1 is 1.04 bits per heavy atom. The van der Waals surface area contributed by atoms with Crippen LogP contribution in [0.5, 0.6) is 5.75 Å². The molecule has 0 saturated carbocycles. The molecule has 0 saturated heterocycles. The molecular formula is C17H16ClNO4. The van der Waals surface area contributed by atoms with Gasteiger partial charge in [-0.3, -0.25) is 4.79 Å². The van der Waals surface area contributed by atoms with Crippen molar-refractivity contribution in [3.8, 4) is 5.75 Å². The van der Waals surface area contributed by atoms with Crippen molar-refractivity contribution < 1.29 is 19.1 Å². The van der Waals surface area contributed by atoms with Gasteiger partial charge in [0.2, 0.25) is 0 Å². The second-order valence-electron chi connectivity index (χ2n) is 4.77. The van der Waals surface area contributed by atoms with Crippen molar-refractivity contribution in [1.29, 1.82) is 0 Å². The Bertz CT molecular complexity index is 683. The van der Waals surface area contributed by atoms with Crippen LogP contribution in [0.4, 0.5) is 5.69 Å². The Kier molecular flexibility index (Phi) is 5.60. The maximum absolute atomic E-state index is 12.1. The van der Waals surface area contributed by atoms with E-state index in [0.717, 1.165) is 0 Å². The molecule has 0 aliphatic heterocycles. The summed E-state index contributed by atoms with van der Waals surface area (Å²) in [7, 11) is 1.31. The van der Waals surface area contributed by atoms with E-state index in [1.54, 1.807) is 55.5 Å². The van der Waals surface area contributed by atoms with Crippen LogP contribution >= 0.6 is 11.6 Å². The summed E-state index contributed by atoms with van der Waals surface area (Å²) < 4.78 is 10.2. The summed E-state index contributed by atoms with van der Waals surface area (Å²) in [5, 5.41) is 3.31. The van der Waals surface area contributed by atoms with Crippen LogP contribution in [-0.4, -0.2) is 25.1 Å². The van der Waals surface area contributed by atoms with Crippen LogP contribution in [0.3, 0.4) is 0 Å². The first-order chi connectivity index (χ1) is 11.0. The Balaban J connectivity index is 1.95. The number of nitrogens with one attached hydrogen (secondary N) is 1. The molecule has 2 rings (SSSR count). The number of hydrogen-bond acceptors (Lipinski definition) is 4. The molecule has 0 fully saturated rings. The van der Waals surface area contributed by atoms with Gasteiger partial charge in [-0.25, -0.2) is 4.79 Å². The van der Waals surface area contributed by atoms with Crippen LogP contribution in [0.2, 0.25) is 5.02 Å². The summed E-state index contributed by atoms with van der Waals surface area (Å²) in [6, 6.07) is 13.2. The molecule has 0 aliphatic rings. The molecule has 0 bridgehead atoms. The molecule has 120 valence electrons. The molecule has 2 aromatic carbocycles. The fraction of sp³-hybridized carbons (Fsp3) is 0.176. The Hall–Kier alpha value is -2.53. The number of benzene rings is 2. The molecule has 0 unspecified atom stereocenters. The molecule has 2 aromatic rings. The number of carbonyl (C=O) groups excluding carboxylic acids is 2. The summed E-state index contributed by atoms with van der Waals surface area (Å²) in [5.74, 6) is -0.175. The minimum absolute atomic E-state index is 0.300. The van der Waals surface area contributed by atoms with E-state index in [-0.39, 0.29) is 5.91 Å². The molecule has 1 amide bonds. The van der Waals surface area contributed by atoms with Crippen molar-refractivity contribution in [2.45, 2.75) is 13.0 Å². The molecule has 0 aromatic heterocycles. The highest BCUT2D eigenvalue weighted by molar-refractivity contribution is 6.30. The first-order valence-corrected chi connectivity index (χ1v) is 7.29. The van der Waals surface area contributed by atoms with Crippen LogP contribution in [0.15, 0.2) is 48.5 Å². The van der Waals surface area contributed by atoms with Crippen LogP contribution < -0.4 is 10.1 Å². The maximum Gasteiger partial charge on any atom is 0.337 e. The summed E-state index contributed by atoms with van der Waals surface area (Å²) in [6.07, 6.45) is -0.684. The predicted molar refractivity (Wildman–Crippen MR) is 88.0 cm³/mol. The van der Waals surface area contributed by atoms with Crippen LogP contribution in [0, 0.1) is 0 Å². The van der Waals surface area contributed by atoms with Crippen molar-refractivity contribution in [3.63, 3.8) is 0 Å². The summed E-state index contributed by atoms with van der Waals surface area (Å²) in [5.41, 5.74) is 0.977. The summed E-state index contributed by atoms with van der Waals surface area (Å²) in [6.45, 7) is 1.65. The van der Waals surface area contributed by atoms with Crippen molar-refractivity contribution in [1.82, 2.24) is 0 Å². The third-order valence-corrected chi connectivity index (χ3v) is 3.32. The van der Waals surface area contributed by atoms with Crippen molar-refractivity contribution >= 4 is 29.2 Å². The van der Waals surface area contributed by atoms with Gasteiger partial charge in [-0.05, 0) is 55.5 Å². The number of halogens is 1. The van der Waals surface area contributed by atoms with Gasteiger partial charge in [-0.2, -0.15) is 0 Å². The third kappa shape index (κ3) is 4.72. The lowest BCUT2D eigenvalue weighted by Crippen LogP contribution is -2.30. The van der Waals surface area contributed by atoms with Gasteiger partial charge < -0.3 is 14.8 Å². The lowest BCUT2D eigenvalue weighted by atomic mass is 10.2. The molecule has 5 nitrogen and oxygen atoms in total. The Labute approximate surface area is 139 Å². The first-order valence-electron chi connectivity index (χ1n) is 6.91. The van der Waals surface area contributed by atoms with Gasteiger partial charge in [-0.15, -0.1) is 0 Å². The van der Waals surface area contributed by atoms with Crippen molar-refractivity contribution in [3.05, 3.63) is 59.1 Å². The van der Waals surface area contributed by atoms with Gasteiger partial charge in [0.1, 0.15) is 5.75 Å². The normalized spacial score (nSPS) is 11.4. The number of carbonyl (C=O) groups is 2. The van der Waals surface area contributed by atoms with Gasteiger partial charge in [0, 0.05) is 10.7 Å². The van der Waals surface area contributed by atoms with E-state index in [1.165, 1.54) is 7.11 Å². The van der Waals surface area contributed by atoms with Crippen LogP contribution in [-0.2, 0) is 9.53 Å². The zero-order valence-corrected chi connectivity index (χ0v) is 13.5. The van der Waals surface area contributed by atoms with E-state index in [4.69, 9.17) is 16.3 Å². The highest BCUT2D eigenvalue weighted by Crippen LogP contribution is 2.17. The minimum Gasteiger partial charge on any atom is -0.481 e. The van der Waals surface area contributed by atoms with E-state index in [0.29, 0.717) is 22.0 Å². The fourth-order valence-electron chi connectivity index (χ4n) is 1.82. The Morgan fingerprint density at radius 2 is 1.65 bits per heavy atom. The van der Waals surface area contributed by atoms with Gasteiger partial charge in [0.05, 0.1) is 12.7 Å². The molecule has 0 spiro atoms. The quantitative estimate of drug-likeness (QED) is 0.850. The van der Waals surface area contributed by atoms with Gasteiger partial charge >= 0.3 is 5.97 Å². The monoisotopic (exact) mass is 333 g/mol. The smallest absolute Gasteiger partial charge is 0.337 e. The summed E-state index contributed by atoms with van der Waals surface area (Å²) in [4.78, 5) is 23.4. The fourth-order valence-corrected chi connectivity index (χ4v) is 1.95. The van der Waals surface area contributed by atoms with E-state index in [2.05, 4.69) is 10.1 Å². The van der Waals surface area contributed by atoms with E-state index in [9.17, 15) is 9.59 Å². The summed E-state index contributed by atoms with van der Waals surface area (Å²) >= 11 is 5.80. The topological polar surface area (TPSA) is 64.6 Å². The highest BCUT2D eigenvalue weighted by Gasteiger charge is 2.15. The van der Waals surface area contributed by atoms with Crippen molar-refractivity contribution in [2.75, 3.05) is 12.4 Å². The SMILES string of the molecule is COC(=O)c1ccc(NC(=O)[C@H](C)Oc2ccc(Cl)cc2)cc1. The first kappa shape index (κ1) is 16.8. The second kappa shape index (κ2) is 7.65. The molecular weight excluding hydrogens is 318 g/mol. The number of rotatable bonds is 5. The third-order valence-electron chi connectivity index (χ3n) is 3.07. The van der Waals surface area contributed by atoms with E-state index in [1.807, 2.05) is 0 Å². The zero-order chi connectivity index (χ0) is 16.8. The van der Waals surface area contributed by atoms with Gasteiger partial charge in [0.15, 0.2) is 6.10 Å². The second-order valence-corrected chi connectivity index (χ2v) is 5.21. The van der Waals surface area contributed by atoms with Crippen LogP contribution in [0.25, 0.3) is 0 Å². The number of esters is 1. The van der Waals surface area contributed by atoms with Crippen LogP contribution in [0.1, 0.15) is 17.3 Å². The largest absolute Gasteiger partial charge is 0.481 e. The van der Waals surface area contributed by atoms with Gasteiger partial charge in [-0.1, -0.05) is 11.6 Å². The molecule has 0 aliphatic carbocycles. The van der Waals surface area contributed by atoms with E-state index >= 15 is 0 Å². The number of anilines is 1. The Morgan fingerprint density at radius 3 is 2.22 bits per heavy atom. The molecule has 6 heteroatoms. The molecule has 1 N–H and O–H groups in total. The number of ether oxygens (including phenoxy) is 2. The minimum atomic E-state index is -0.684. The standard InChI is InChI=1S/C17H16ClNO4/c1-11(23-15-9-5-13(18)6-10-15)16(20)19-14-7-3-12(4-8-14)17(21)22-2/h3-11H,1-2H3,(H,19,20)/t11-/m0/s1. The van der Waals surface area contributed by atoms with E-state index < -0.39 is 12.1 Å². The number of methoxy groups -OCH3 is 1. The molecule has 23 heavy (non-hydrogen) atoms. The highest BCUT2D eigenvalue weighted by atomic mass is 35.5. The molecule has 0 heterocycles. The number of hydrogen-bond donors (Lipinski definition) is 1. The molecule has 0 radical (unpaired) electrons. The average molecular weight is 334 g/mol.